The number of hydrogen-bond donors (Lipinski definition) is 2. The van der Waals surface area contributed by atoms with Crippen molar-refractivity contribution in [2.45, 2.75) is 25.3 Å². The van der Waals surface area contributed by atoms with Crippen LogP contribution < -0.4 is 16.2 Å². The fraction of sp³-hybridized carbons (Fsp3) is 0.348. The first-order valence-corrected chi connectivity index (χ1v) is 11.2. The lowest BCUT2D eigenvalue weighted by atomic mass is 9.88. The number of ether oxygens (including phenoxy) is 1. The Labute approximate surface area is 190 Å². The first-order valence-electron chi connectivity index (χ1n) is 11.2. The van der Waals surface area contributed by atoms with Gasteiger partial charge in [0, 0.05) is 37.1 Å². The molecule has 10 heteroatoms. The molecule has 4 heterocycles. The minimum atomic E-state index is 0.297. The molecular formula is C23H25N9O. The summed E-state index contributed by atoms with van der Waals surface area (Å²) in [5.41, 5.74) is 8.39. The van der Waals surface area contributed by atoms with Gasteiger partial charge in [0.15, 0.2) is 5.65 Å². The van der Waals surface area contributed by atoms with Gasteiger partial charge in [-0.3, -0.25) is 5.43 Å². The second-order valence-electron chi connectivity index (χ2n) is 8.40. The van der Waals surface area contributed by atoms with E-state index in [0.717, 1.165) is 54.8 Å². The summed E-state index contributed by atoms with van der Waals surface area (Å²) in [5, 5.41) is 0. The number of benzene rings is 1. The molecule has 1 saturated heterocycles. The molecule has 4 aromatic rings. The zero-order chi connectivity index (χ0) is 22.2. The molecule has 0 radical (unpaired) electrons. The van der Waals surface area contributed by atoms with Crippen LogP contribution in [-0.2, 0) is 17.6 Å². The molecule has 0 saturated carbocycles. The zero-order valence-corrected chi connectivity index (χ0v) is 18.2. The van der Waals surface area contributed by atoms with Crippen LogP contribution in [0.5, 0.6) is 0 Å². The highest BCUT2D eigenvalue weighted by Crippen LogP contribution is 2.33. The third-order valence-electron chi connectivity index (χ3n) is 6.47. The monoisotopic (exact) mass is 443 g/mol. The third-order valence-corrected chi connectivity index (χ3v) is 6.47. The fourth-order valence-corrected chi connectivity index (χ4v) is 4.72. The molecule has 10 nitrogen and oxygen atoms in total. The van der Waals surface area contributed by atoms with Gasteiger partial charge in [0.25, 0.3) is 0 Å². The van der Waals surface area contributed by atoms with E-state index in [1.807, 2.05) is 6.33 Å². The van der Waals surface area contributed by atoms with E-state index in [2.05, 4.69) is 49.1 Å². The number of nitrogen functional groups attached to an aromatic ring is 1. The van der Waals surface area contributed by atoms with Crippen LogP contribution in [-0.4, -0.2) is 55.8 Å². The highest BCUT2D eigenvalue weighted by atomic mass is 16.5. The number of nitrogens with zero attached hydrogens (tertiary/aromatic N) is 7. The lowest BCUT2D eigenvalue weighted by molar-refractivity contribution is 0.122. The molecule has 6 rings (SSSR count). The SMILES string of the molecule is NNc1ncc(-c2nc(N3CCOCC3)nc3c2ncn3C2CCc3ccccc3C2)cn1. The summed E-state index contributed by atoms with van der Waals surface area (Å²) in [6.45, 7) is 2.83. The second-order valence-corrected chi connectivity index (χ2v) is 8.40. The van der Waals surface area contributed by atoms with Crippen molar-refractivity contribution in [3.63, 3.8) is 0 Å². The average molecular weight is 444 g/mol. The van der Waals surface area contributed by atoms with Crippen LogP contribution >= 0.6 is 0 Å². The number of hydrogen-bond acceptors (Lipinski definition) is 9. The number of aromatic nitrogens is 6. The minimum absolute atomic E-state index is 0.297. The van der Waals surface area contributed by atoms with Gasteiger partial charge in [-0.25, -0.2) is 25.8 Å². The van der Waals surface area contributed by atoms with E-state index in [0.29, 0.717) is 31.2 Å². The van der Waals surface area contributed by atoms with Crippen molar-refractivity contribution < 1.29 is 4.74 Å². The van der Waals surface area contributed by atoms with E-state index >= 15 is 0 Å². The standard InChI is InChI=1S/C23H25N9O/c24-30-22-25-12-17(13-26-22)19-20-21(29-23(28-19)31-7-9-33-10-8-31)32(14-27-20)18-6-5-15-3-1-2-4-16(15)11-18/h1-4,12-14,18H,5-11,24H2,(H,25,26,30). The Morgan fingerprint density at radius 2 is 1.79 bits per heavy atom. The summed E-state index contributed by atoms with van der Waals surface area (Å²) in [6.07, 6.45) is 8.39. The lowest BCUT2D eigenvalue weighted by Gasteiger charge is -2.28. The molecule has 1 fully saturated rings. The van der Waals surface area contributed by atoms with Crippen molar-refractivity contribution in [2.24, 2.45) is 5.84 Å². The lowest BCUT2D eigenvalue weighted by Crippen LogP contribution is -2.37. The van der Waals surface area contributed by atoms with Crippen LogP contribution in [0.15, 0.2) is 43.0 Å². The molecule has 1 aliphatic heterocycles. The Morgan fingerprint density at radius 3 is 2.58 bits per heavy atom. The Balaban J connectivity index is 1.46. The minimum Gasteiger partial charge on any atom is -0.378 e. The van der Waals surface area contributed by atoms with Gasteiger partial charge in [-0.05, 0) is 30.4 Å². The van der Waals surface area contributed by atoms with E-state index in [4.69, 9.17) is 25.5 Å². The summed E-state index contributed by atoms with van der Waals surface area (Å²) in [6, 6.07) is 8.99. The van der Waals surface area contributed by atoms with Gasteiger partial charge in [-0.15, -0.1) is 0 Å². The quantitative estimate of drug-likeness (QED) is 0.361. The first-order chi connectivity index (χ1) is 16.3. The Bertz CT molecular complexity index is 1280. The van der Waals surface area contributed by atoms with Gasteiger partial charge in [0.05, 0.1) is 19.5 Å². The van der Waals surface area contributed by atoms with E-state index in [1.165, 1.54) is 11.1 Å². The van der Waals surface area contributed by atoms with Crippen molar-refractivity contribution in [1.82, 2.24) is 29.5 Å². The third kappa shape index (κ3) is 3.66. The normalized spacial score (nSPS) is 18.3. The predicted molar refractivity (Wildman–Crippen MR) is 125 cm³/mol. The van der Waals surface area contributed by atoms with Crippen LogP contribution in [0.3, 0.4) is 0 Å². The number of aryl methyl sites for hydroxylation is 1. The van der Waals surface area contributed by atoms with Crippen LogP contribution in [0, 0.1) is 0 Å². The maximum absolute atomic E-state index is 5.53. The number of rotatable bonds is 4. The first kappa shape index (κ1) is 20.0. The molecule has 0 spiro atoms. The second kappa shape index (κ2) is 8.38. The number of anilines is 2. The Morgan fingerprint density at radius 1 is 1.00 bits per heavy atom. The van der Waals surface area contributed by atoms with E-state index in [-0.39, 0.29) is 0 Å². The molecule has 0 amide bonds. The van der Waals surface area contributed by atoms with Crippen LogP contribution in [0.4, 0.5) is 11.9 Å². The van der Waals surface area contributed by atoms with E-state index < -0.39 is 0 Å². The van der Waals surface area contributed by atoms with Gasteiger partial charge in [0.1, 0.15) is 11.2 Å². The van der Waals surface area contributed by atoms with Gasteiger partial charge >= 0.3 is 0 Å². The molecule has 0 bridgehead atoms. The van der Waals surface area contributed by atoms with E-state index in [9.17, 15) is 0 Å². The smallest absolute Gasteiger partial charge is 0.237 e. The molecule has 1 unspecified atom stereocenters. The van der Waals surface area contributed by atoms with Crippen molar-refractivity contribution in [3.8, 4) is 11.3 Å². The molecule has 1 aliphatic carbocycles. The summed E-state index contributed by atoms with van der Waals surface area (Å²) in [4.78, 5) is 25.3. The molecule has 3 aromatic heterocycles. The zero-order valence-electron chi connectivity index (χ0n) is 18.2. The topological polar surface area (TPSA) is 120 Å². The van der Waals surface area contributed by atoms with Crippen molar-refractivity contribution in [2.75, 3.05) is 36.6 Å². The molecule has 168 valence electrons. The number of imidazole rings is 1. The summed E-state index contributed by atoms with van der Waals surface area (Å²) < 4.78 is 7.75. The summed E-state index contributed by atoms with van der Waals surface area (Å²) >= 11 is 0. The van der Waals surface area contributed by atoms with Gasteiger partial charge in [0.2, 0.25) is 11.9 Å². The number of nitrogens with two attached hydrogens (primary N) is 1. The number of nitrogens with one attached hydrogen (secondary N) is 1. The Kier molecular flexibility index (Phi) is 5.08. The largest absolute Gasteiger partial charge is 0.378 e. The number of fused-ring (bicyclic) bond motifs is 2. The van der Waals surface area contributed by atoms with Crippen LogP contribution in [0.2, 0.25) is 0 Å². The van der Waals surface area contributed by atoms with Gasteiger partial charge in [-0.1, -0.05) is 24.3 Å². The summed E-state index contributed by atoms with van der Waals surface area (Å²) in [7, 11) is 0. The highest BCUT2D eigenvalue weighted by molar-refractivity contribution is 5.88. The van der Waals surface area contributed by atoms with Gasteiger partial charge in [-0.2, -0.15) is 4.98 Å². The molecule has 2 aliphatic rings. The Hall–Kier alpha value is -3.63. The molecule has 3 N–H and O–H groups in total. The van der Waals surface area contributed by atoms with Crippen LogP contribution in [0.25, 0.3) is 22.4 Å². The number of morpholine rings is 1. The van der Waals surface area contributed by atoms with Crippen molar-refractivity contribution in [1.29, 1.82) is 0 Å². The molecule has 33 heavy (non-hydrogen) atoms. The average Bonchev–Trinajstić information content (AvgIpc) is 3.32. The molecule has 1 aromatic carbocycles. The summed E-state index contributed by atoms with van der Waals surface area (Å²) in [5.74, 6) is 6.47. The van der Waals surface area contributed by atoms with Gasteiger partial charge < -0.3 is 14.2 Å². The molecule has 1 atom stereocenters. The van der Waals surface area contributed by atoms with Crippen molar-refractivity contribution >= 4 is 23.1 Å². The van der Waals surface area contributed by atoms with Crippen LogP contribution in [0.1, 0.15) is 23.6 Å². The van der Waals surface area contributed by atoms with Crippen molar-refractivity contribution in [3.05, 3.63) is 54.1 Å². The maximum atomic E-state index is 5.53. The fourth-order valence-electron chi connectivity index (χ4n) is 4.72. The predicted octanol–water partition coefficient (Wildman–Crippen LogP) is 2.14. The number of hydrazine groups is 1. The van der Waals surface area contributed by atoms with E-state index in [1.54, 1.807) is 12.4 Å². The molecular weight excluding hydrogens is 418 g/mol. The highest BCUT2D eigenvalue weighted by Gasteiger charge is 2.25. The maximum Gasteiger partial charge on any atom is 0.237 e.